The highest BCUT2D eigenvalue weighted by Gasteiger charge is 2.36. The van der Waals surface area contributed by atoms with Gasteiger partial charge in [0.15, 0.2) is 17.6 Å². The van der Waals surface area contributed by atoms with E-state index < -0.39 is 18.0 Å². The Morgan fingerprint density at radius 3 is 2.63 bits per heavy atom. The van der Waals surface area contributed by atoms with Gasteiger partial charge in [-0.05, 0) is 74.0 Å². The maximum atomic E-state index is 12.8. The lowest BCUT2D eigenvalue weighted by Crippen LogP contribution is -2.27. The van der Waals surface area contributed by atoms with E-state index in [4.69, 9.17) is 14.6 Å². The lowest BCUT2D eigenvalue weighted by atomic mass is 10.1. The first kappa shape index (κ1) is 21.4. The number of thioether (sulfide) groups is 1. The number of aliphatic carboxylic acids is 1. The Bertz CT molecular complexity index is 1030. The fourth-order valence-electron chi connectivity index (χ4n) is 2.83. The standard InChI is InChI=1S/C22H21NO6S/c1-4-28-18-11-15(8-9-17(18)29-14(3)21(25)26)12-19-20(24)23(22(27)30-19)16-7-5-6-13(2)10-16/h5-12,14H,4H2,1-3H3,(H,25,26)/b19-12+. The molecule has 8 heteroatoms. The second-order valence-electron chi connectivity index (χ2n) is 6.59. The van der Waals surface area contributed by atoms with E-state index in [1.165, 1.54) is 6.92 Å². The van der Waals surface area contributed by atoms with Gasteiger partial charge in [-0.15, -0.1) is 0 Å². The topological polar surface area (TPSA) is 93.1 Å². The Labute approximate surface area is 178 Å². The molecule has 1 saturated heterocycles. The third-order valence-electron chi connectivity index (χ3n) is 4.27. The molecule has 1 heterocycles. The normalized spacial score (nSPS) is 16.1. The van der Waals surface area contributed by atoms with Gasteiger partial charge in [0.1, 0.15) is 0 Å². The van der Waals surface area contributed by atoms with Crippen molar-refractivity contribution >= 4 is 40.6 Å². The predicted octanol–water partition coefficient (Wildman–Crippen LogP) is 4.49. The SMILES string of the molecule is CCOc1cc(/C=C2/SC(=O)N(c3cccc(C)c3)C2=O)ccc1OC(C)C(=O)O. The molecule has 7 nitrogen and oxygen atoms in total. The number of nitrogens with zero attached hydrogens (tertiary/aromatic N) is 1. The molecule has 30 heavy (non-hydrogen) atoms. The molecule has 1 aliphatic rings. The van der Waals surface area contributed by atoms with E-state index >= 15 is 0 Å². The highest BCUT2D eigenvalue weighted by Crippen LogP contribution is 2.37. The van der Waals surface area contributed by atoms with Gasteiger partial charge in [-0.3, -0.25) is 9.59 Å². The van der Waals surface area contributed by atoms with Crippen molar-refractivity contribution in [3.05, 3.63) is 58.5 Å². The van der Waals surface area contributed by atoms with Crippen LogP contribution in [0.4, 0.5) is 10.5 Å². The zero-order valence-corrected chi connectivity index (χ0v) is 17.6. The van der Waals surface area contributed by atoms with Gasteiger partial charge in [-0.25, -0.2) is 9.69 Å². The first-order valence-electron chi connectivity index (χ1n) is 9.31. The van der Waals surface area contributed by atoms with Gasteiger partial charge in [-0.1, -0.05) is 18.2 Å². The summed E-state index contributed by atoms with van der Waals surface area (Å²) in [5, 5.41) is 8.68. The summed E-state index contributed by atoms with van der Waals surface area (Å²) in [6.07, 6.45) is 0.564. The molecule has 1 fully saturated rings. The average Bonchev–Trinajstić information content (AvgIpc) is 2.97. The van der Waals surface area contributed by atoms with Gasteiger partial charge < -0.3 is 14.6 Å². The molecular formula is C22H21NO6S. The zero-order chi connectivity index (χ0) is 21.8. The van der Waals surface area contributed by atoms with Gasteiger partial charge in [-0.2, -0.15) is 0 Å². The van der Waals surface area contributed by atoms with Crippen LogP contribution >= 0.6 is 11.8 Å². The van der Waals surface area contributed by atoms with Crippen molar-refractivity contribution < 1.29 is 29.0 Å². The largest absolute Gasteiger partial charge is 0.490 e. The molecule has 0 bridgehead atoms. The van der Waals surface area contributed by atoms with Crippen molar-refractivity contribution in [1.82, 2.24) is 0 Å². The van der Waals surface area contributed by atoms with Crippen molar-refractivity contribution in [2.45, 2.75) is 26.9 Å². The van der Waals surface area contributed by atoms with E-state index in [9.17, 15) is 14.4 Å². The maximum Gasteiger partial charge on any atom is 0.344 e. The Balaban J connectivity index is 1.89. The molecule has 0 radical (unpaired) electrons. The molecule has 0 spiro atoms. The van der Waals surface area contributed by atoms with Gasteiger partial charge in [0.2, 0.25) is 0 Å². The van der Waals surface area contributed by atoms with E-state index in [2.05, 4.69) is 0 Å². The molecule has 0 saturated carbocycles. The highest BCUT2D eigenvalue weighted by molar-refractivity contribution is 8.19. The maximum absolute atomic E-state index is 12.8. The number of anilines is 1. The molecule has 0 aromatic heterocycles. The number of carboxylic acid groups (broad SMARTS) is 1. The number of carbonyl (C=O) groups excluding carboxylic acids is 2. The van der Waals surface area contributed by atoms with Crippen LogP contribution in [-0.2, 0) is 9.59 Å². The molecule has 2 amide bonds. The number of carboxylic acids is 1. The Hall–Kier alpha value is -3.26. The number of hydrogen-bond acceptors (Lipinski definition) is 6. The number of aryl methyl sites for hydroxylation is 1. The summed E-state index contributed by atoms with van der Waals surface area (Å²) < 4.78 is 11.0. The third kappa shape index (κ3) is 4.65. The Kier molecular flexibility index (Phi) is 6.47. The predicted molar refractivity (Wildman–Crippen MR) is 115 cm³/mol. The highest BCUT2D eigenvalue weighted by atomic mass is 32.2. The summed E-state index contributed by atoms with van der Waals surface area (Å²) in [7, 11) is 0. The van der Waals surface area contributed by atoms with Gasteiger partial charge in [0.25, 0.3) is 11.1 Å². The molecule has 1 unspecified atom stereocenters. The van der Waals surface area contributed by atoms with Crippen molar-refractivity contribution in [2.75, 3.05) is 11.5 Å². The van der Waals surface area contributed by atoms with Crippen LogP contribution in [0, 0.1) is 6.92 Å². The Morgan fingerprint density at radius 1 is 1.20 bits per heavy atom. The first-order chi connectivity index (χ1) is 14.3. The molecule has 1 N–H and O–H groups in total. The number of ether oxygens (including phenoxy) is 2. The van der Waals surface area contributed by atoms with E-state index in [1.54, 1.807) is 49.4 Å². The van der Waals surface area contributed by atoms with Crippen LogP contribution in [0.2, 0.25) is 0 Å². The molecule has 0 aliphatic carbocycles. The van der Waals surface area contributed by atoms with Crippen LogP contribution < -0.4 is 14.4 Å². The minimum Gasteiger partial charge on any atom is -0.490 e. The zero-order valence-electron chi connectivity index (χ0n) is 16.7. The second kappa shape index (κ2) is 9.04. The van der Waals surface area contributed by atoms with Crippen LogP contribution in [0.15, 0.2) is 47.4 Å². The van der Waals surface area contributed by atoms with Crippen molar-refractivity contribution in [2.24, 2.45) is 0 Å². The van der Waals surface area contributed by atoms with Gasteiger partial charge in [0.05, 0.1) is 17.2 Å². The minimum absolute atomic E-state index is 0.288. The summed E-state index contributed by atoms with van der Waals surface area (Å²) >= 11 is 0.864. The van der Waals surface area contributed by atoms with E-state index in [1.807, 2.05) is 13.0 Å². The average molecular weight is 427 g/mol. The summed E-state index contributed by atoms with van der Waals surface area (Å²) in [6, 6.07) is 12.1. The summed E-state index contributed by atoms with van der Waals surface area (Å²) in [5.74, 6) is -0.839. The van der Waals surface area contributed by atoms with E-state index in [-0.39, 0.29) is 15.9 Å². The molecule has 3 rings (SSSR count). The van der Waals surface area contributed by atoms with Crippen LogP contribution in [-0.4, -0.2) is 34.9 Å². The fourth-order valence-corrected chi connectivity index (χ4v) is 3.67. The van der Waals surface area contributed by atoms with E-state index in [0.717, 1.165) is 22.2 Å². The van der Waals surface area contributed by atoms with Gasteiger partial charge >= 0.3 is 5.97 Å². The number of carbonyl (C=O) groups is 3. The number of rotatable bonds is 7. The van der Waals surface area contributed by atoms with Crippen molar-refractivity contribution in [3.8, 4) is 11.5 Å². The molecule has 2 aromatic carbocycles. The van der Waals surface area contributed by atoms with Crippen LogP contribution in [0.5, 0.6) is 11.5 Å². The monoisotopic (exact) mass is 427 g/mol. The number of imide groups is 1. The quantitative estimate of drug-likeness (QED) is 0.651. The number of amides is 2. The molecule has 1 atom stereocenters. The fraction of sp³-hybridized carbons (Fsp3) is 0.227. The second-order valence-corrected chi connectivity index (χ2v) is 7.59. The number of hydrogen-bond donors (Lipinski definition) is 1. The molecule has 1 aliphatic heterocycles. The van der Waals surface area contributed by atoms with Crippen molar-refractivity contribution in [1.29, 1.82) is 0 Å². The Morgan fingerprint density at radius 2 is 1.97 bits per heavy atom. The lowest BCUT2D eigenvalue weighted by molar-refractivity contribution is -0.144. The van der Waals surface area contributed by atoms with Crippen LogP contribution in [0.1, 0.15) is 25.0 Å². The summed E-state index contributed by atoms with van der Waals surface area (Å²) in [6.45, 7) is 5.46. The van der Waals surface area contributed by atoms with Gasteiger partial charge in [0, 0.05) is 0 Å². The van der Waals surface area contributed by atoms with Crippen LogP contribution in [0.25, 0.3) is 6.08 Å². The third-order valence-corrected chi connectivity index (χ3v) is 5.14. The van der Waals surface area contributed by atoms with E-state index in [0.29, 0.717) is 23.6 Å². The molecule has 156 valence electrons. The first-order valence-corrected chi connectivity index (χ1v) is 10.1. The molecule has 2 aromatic rings. The number of benzene rings is 2. The van der Waals surface area contributed by atoms with Crippen LogP contribution in [0.3, 0.4) is 0 Å². The van der Waals surface area contributed by atoms with Crippen molar-refractivity contribution in [3.63, 3.8) is 0 Å². The lowest BCUT2D eigenvalue weighted by Gasteiger charge is -2.15. The summed E-state index contributed by atoms with van der Waals surface area (Å²) in [5.41, 5.74) is 2.11. The summed E-state index contributed by atoms with van der Waals surface area (Å²) in [4.78, 5) is 37.8. The minimum atomic E-state index is -1.09. The molecular weight excluding hydrogens is 406 g/mol. The smallest absolute Gasteiger partial charge is 0.344 e.